The van der Waals surface area contributed by atoms with Crippen LogP contribution in [0.15, 0.2) is 22.7 Å². The Bertz CT molecular complexity index is 492. The summed E-state index contributed by atoms with van der Waals surface area (Å²) in [7, 11) is 2.16. The summed E-state index contributed by atoms with van der Waals surface area (Å²) >= 11 is 3.47. The largest absolute Gasteiger partial charge is 0.372 e. The Hall–Kier alpha value is -1.01. The predicted octanol–water partition coefficient (Wildman–Crippen LogP) is 4.73. The Balaban J connectivity index is 2.10. The van der Waals surface area contributed by atoms with Gasteiger partial charge in [-0.05, 0) is 65.2 Å². The van der Waals surface area contributed by atoms with E-state index < -0.39 is 0 Å². The molecule has 1 aromatic carbocycles. The molecule has 1 aliphatic carbocycles. The van der Waals surface area contributed by atoms with Crippen molar-refractivity contribution in [3.05, 3.63) is 28.2 Å². The van der Waals surface area contributed by atoms with Gasteiger partial charge in [0.15, 0.2) is 0 Å². The first kappa shape index (κ1) is 14.4. The summed E-state index contributed by atoms with van der Waals surface area (Å²) in [6, 6.07) is 8.79. The van der Waals surface area contributed by atoms with Gasteiger partial charge in [-0.1, -0.05) is 13.8 Å². The van der Waals surface area contributed by atoms with Crippen LogP contribution in [0.2, 0.25) is 0 Å². The highest BCUT2D eigenvalue weighted by atomic mass is 79.9. The third-order valence-electron chi connectivity index (χ3n) is 4.34. The third kappa shape index (κ3) is 3.30. The zero-order chi connectivity index (χ0) is 14.0. The van der Waals surface area contributed by atoms with Crippen LogP contribution in [0, 0.1) is 16.7 Å². The molecule has 0 amide bonds. The molecule has 1 fully saturated rings. The molecule has 2 rings (SSSR count). The zero-order valence-corrected chi connectivity index (χ0v) is 13.5. The normalized spacial score (nSPS) is 18.9. The fourth-order valence-corrected chi connectivity index (χ4v) is 3.25. The molecule has 1 aromatic rings. The van der Waals surface area contributed by atoms with Crippen molar-refractivity contribution < 1.29 is 0 Å². The van der Waals surface area contributed by atoms with Gasteiger partial charge in [0.2, 0.25) is 0 Å². The number of nitrogens with zero attached hydrogens (tertiary/aromatic N) is 2. The number of nitriles is 1. The zero-order valence-electron chi connectivity index (χ0n) is 11.9. The third-order valence-corrected chi connectivity index (χ3v) is 4.99. The average molecular weight is 321 g/mol. The summed E-state index contributed by atoms with van der Waals surface area (Å²) in [5.74, 6) is 0. The lowest BCUT2D eigenvalue weighted by atomic mass is 9.75. The molecular formula is C16H21BrN2. The number of anilines is 1. The van der Waals surface area contributed by atoms with Crippen molar-refractivity contribution >= 4 is 21.6 Å². The summed E-state index contributed by atoms with van der Waals surface area (Å²) in [6.45, 7) is 4.73. The summed E-state index contributed by atoms with van der Waals surface area (Å²) in [6.07, 6.45) is 5.08. The summed E-state index contributed by atoms with van der Waals surface area (Å²) in [4.78, 5) is 2.36. The van der Waals surface area contributed by atoms with E-state index in [1.54, 1.807) is 0 Å². The molecule has 0 atom stereocenters. The van der Waals surface area contributed by atoms with Gasteiger partial charge in [-0.15, -0.1) is 0 Å². The lowest BCUT2D eigenvalue weighted by Gasteiger charge is -2.39. The molecule has 1 saturated carbocycles. The fraction of sp³-hybridized carbons (Fsp3) is 0.562. The van der Waals surface area contributed by atoms with Gasteiger partial charge in [0.1, 0.15) is 6.07 Å². The molecule has 0 saturated heterocycles. The van der Waals surface area contributed by atoms with Gasteiger partial charge < -0.3 is 4.90 Å². The molecule has 0 spiro atoms. The van der Waals surface area contributed by atoms with Crippen molar-refractivity contribution in [2.75, 3.05) is 11.9 Å². The van der Waals surface area contributed by atoms with E-state index >= 15 is 0 Å². The van der Waals surface area contributed by atoms with Crippen LogP contribution in [0.3, 0.4) is 0 Å². The lowest BCUT2D eigenvalue weighted by molar-refractivity contribution is 0.222. The first-order chi connectivity index (χ1) is 8.93. The number of halogens is 1. The predicted molar refractivity (Wildman–Crippen MR) is 83.3 cm³/mol. The van der Waals surface area contributed by atoms with Gasteiger partial charge in [0.25, 0.3) is 0 Å². The number of benzene rings is 1. The van der Waals surface area contributed by atoms with E-state index in [0.717, 1.165) is 4.47 Å². The lowest BCUT2D eigenvalue weighted by Crippen LogP contribution is -2.37. The molecule has 3 heteroatoms. The van der Waals surface area contributed by atoms with Gasteiger partial charge in [-0.25, -0.2) is 0 Å². The Morgan fingerprint density at radius 1 is 1.32 bits per heavy atom. The molecule has 102 valence electrons. The van der Waals surface area contributed by atoms with E-state index in [9.17, 15) is 0 Å². The van der Waals surface area contributed by atoms with E-state index in [-0.39, 0.29) is 0 Å². The van der Waals surface area contributed by atoms with Crippen molar-refractivity contribution in [3.63, 3.8) is 0 Å². The first-order valence-corrected chi connectivity index (χ1v) is 7.65. The molecule has 0 N–H and O–H groups in total. The van der Waals surface area contributed by atoms with Gasteiger partial charge in [0, 0.05) is 23.2 Å². The van der Waals surface area contributed by atoms with E-state index in [0.29, 0.717) is 17.0 Å². The maximum Gasteiger partial charge on any atom is 0.100 e. The maximum atomic E-state index is 8.96. The van der Waals surface area contributed by atoms with E-state index in [1.165, 1.54) is 31.4 Å². The monoisotopic (exact) mass is 320 g/mol. The SMILES string of the molecule is CN(c1ccc(C#N)c(Br)c1)C1CCC(C)(C)CC1. The van der Waals surface area contributed by atoms with Crippen molar-refractivity contribution in [1.29, 1.82) is 5.26 Å². The molecule has 19 heavy (non-hydrogen) atoms. The quantitative estimate of drug-likeness (QED) is 0.787. The smallest absolute Gasteiger partial charge is 0.100 e. The van der Waals surface area contributed by atoms with Gasteiger partial charge in [0.05, 0.1) is 5.56 Å². The minimum absolute atomic E-state index is 0.503. The van der Waals surface area contributed by atoms with Crippen LogP contribution < -0.4 is 4.90 Å². The van der Waals surface area contributed by atoms with Crippen LogP contribution in [0.25, 0.3) is 0 Å². The fourth-order valence-electron chi connectivity index (χ4n) is 2.80. The van der Waals surface area contributed by atoms with Crippen LogP contribution in [0.4, 0.5) is 5.69 Å². The molecule has 0 aliphatic heterocycles. The second-order valence-electron chi connectivity index (χ2n) is 6.28. The minimum atomic E-state index is 0.503. The highest BCUT2D eigenvalue weighted by Gasteiger charge is 2.28. The number of hydrogen-bond acceptors (Lipinski definition) is 2. The molecular weight excluding hydrogens is 300 g/mol. The van der Waals surface area contributed by atoms with Crippen molar-refractivity contribution in [2.45, 2.75) is 45.6 Å². The van der Waals surface area contributed by atoms with Crippen molar-refractivity contribution in [3.8, 4) is 6.07 Å². The average Bonchev–Trinajstić information content (AvgIpc) is 2.38. The molecule has 1 aliphatic rings. The molecule has 0 heterocycles. The summed E-state index contributed by atoms with van der Waals surface area (Å²) in [5.41, 5.74) is 2.39. The highest BCUT2D eigenvalue weighted by molar-refractivity contribution is 9.10. The molecule has 0 radical (unpaired) electrons. The Kier molecular flexibility index (Phi) is 4.20. The number of rotatable bonds is 2. The van der Waals surface area contributed by atoms with Crippen LogP contribution >= 0.6 is 15.9 Å². The maximum absolute atomic E-state index is 8.96. The molecule has 2 nitrogen and oxygen atoms in total. The Morgan fingerprint density at radius 2 is 1.95 bits per heavy atom. The Morgan fingerprint density at radius 3 is 2.47 bits per heavy atom. The van der Waals surface area contributed by atoms with Crippen molar-refractivity contribution in [1.82, 2.24) is 0 Å². The standard InChI is InChI=1S/C16H21BrN2/c1-16(2)8-6-13(7-9-16)19(3)14-5-4-12(11-18)15(17)10-14/h4-5,10,13H,6-9H2,1-3H3. The second-order valence-corrected chi connectivity index (χ2v) is 7.14. The van der Waals surface area contributed by atoms with Crippen LogP contribution in [-0.2, 0) is 0 Å². The molecule has 0 unspecified atom stereocenters. The van der Waals surface area contributed by atoms with Crippen molar-refractivity contribution in [2.24, 2.45) is 5.41 Å². The topological polar surface area (TPSA) is 27.0 Å². The second kappa shape index (κ2) is 5.54. The first-order valence-electron chi connectivity index (χ1n) is 6.85. The van der Waals surface area contributed by atoms with Crippen LogP contribution in [0.5, 0.6) is 0 Å². The van der Waals surface area contributed by atoms with Crippen LogP contribution in [0.1, 0.15) is 45.1 Å². The summed E-state index contributed by atoms with van der Waals surface area (Å²) in [5, 5.41) is 8.96. The summed E-state index contributed by atoms with van der Waals surface area (Å²) < 4.78 is 0.885. The number of hydrogen-bond donors (Lipinski definition) is 0. The van der Waals surface area contributed by atoms with E-state index in [2.05, 4.69) is 53.9 Å². The minimum Gasteiger partial charge on any atom is -0.372 e. The van der Waals surface area contributed by atoms with Crippen LogP contribution in [-0.4, -0.2) is 13.1 Å². The molecule has 0 aromatic heterocycles. The van der Waals surface area contributed by atoms with Gasteiger partial charge >= 0.3 is 0 Å². The van der Waals surface area contributed by atoms with E-state index in [1.807, 2.05) is 12.1 Å². The van der Waals surface area contributed by atoms with Gasteiger partial charge in [-0.2, -0.15) is 5.26 Å². The van der Waals surface area contributed by atoms with Gasteiger partial charge in [-0.3, -0.25) is 0 Å². The highest BCUT2D eigenvalue weighted by Crippen LogP contribution is 2.38. The Labute approximate surface area is 124 Å². The molecule has 0 bridgehead atoms. The van der Waals surface area contributed by atoms with E-state index in [4.69, 9.17) is 5.26 Å².